The van der Waals surface area contributed by atoms with E-state index in [1.807, 2.05) is 0 Å². The second-order valence-corrected chi connectivity index (χ2v) is 6.51. The van der Waals surface area contributed by atoms with Crippen LogP contribution in [-0.2, 0) is 4.79 Å². The first-order chi connectivity index (χ1) is 12.2. The Kier molecular flexibility index (Phi) is 6.42. The van der Waals surface area contributed by atoms with Crippen LogP contribution in [0.2, 0.25) is 15.1 Å². The van der Waals surface area contributed by atoms with Crippen molar-refractivity contribution in [3.8, 4) is 0 Å². The predicted octanol–water partition coefficient (Wildman–Crippen LogP) is 4.27. The number of likely N-dealkylation sites (N-methyl/N-ethyl adjacent to an activating group) is 1. The van der Waals surface area contributed by atoms with Crippen molar-refractivity contribution >= 4 is 58.0 Å². The number of halogens is 3. The molecular weight excluding hydrogens is 405 g/mol. The van der Waals surface area contributed by atoms with Crippen molar-refractivity contribution in [2.45, 2.75) is 0 Å². The van der Waals surface area contributed by atoms with Gasteiger partial charge in [-0.05, 0) is 30.3 Å². The van der Waals surface area contributed by atoms with Crippen molar-refractivity contribution in [2.24, 2.45) is 0 Å². The highest BCUT2D eigenvalue weighted by atomic mass is 35.5. The largest absolute Gasteiger partial charge is 0.332 e. The molecule has 0 aliphatic heterocycles. The maximum absolute atomic E-state index is 12.4. The lowest BCUT2D eigenvalue weighted by molar-refractivity contribution is -0.385. The Morgan fingerprint density at radius 1 is 1.12 bits per heavy atom. The zero-order valence-electron chi connectivity index (χ0n) is 13.3. The highest BCUT2D eigenvalue weighted by Gasteiger charge is 2.24. The van der Waals surface area contributed by atoms with Gasteiger partial charge < -0.3 is 10.2 Å². The SMILES string of the molecule is CN(CC(=O)Nc1ccc(Cl)c(Cl)c1)C(=O)c1ccc(Cl)cc1[N+](=O)[O-]. The zero-order valence-corrected chi connectivity index (χ0v) is 15.6. The fraction of sp³-hybridized carbons (Fsp3) is 0.125. The quantitative estimate of drug-likeness (QED) is 0.582. The van der Waals surface area contributed by atoms with E-state index in [-0.39, 0.29) is 22.2 Å². The molecule has 0 aliphatic rings. The van der Waals surface area contributed by atoms with E-state index < -0.39 is 22.4 Å². The van der Waals surface area contributed by atoms with E-state index in [0.717, 1.165) is 11.0 Å². The Balaban J connectivity index is 2.10. The summed E-state index contributed by atoms with van der Waals surface area (Å²) < 4.78 is 0. The number of carbonyl (C=O) groups is 2. The summed E-state index contributed by atoms with van der Waals surface area (Å²) in [4.78, 5) is 36.0. The van der Waals surface area contributed by atoms with Gasteiger partial charge in [-0.1, -0.05) is 34.8 Å². The Morgan fingerprint density at radius 3 is 2.42 bits per heavy atom. The summed E-state index contributed by atoms with van der Waals surface area (Å²) in [7, 11) is 1.36. The van der Waals surface area contributed by atoms with Gasteiger partial charge in [0, 0.05) is 23.8 Å². The molecular formula is C16H12Cl3N3O4. The van der Waals surface area contributed by atoms with Crippen LogP contribution in [0.4, 0.5) is 11.4 Å². The predicted molar refractivity (Wildman–Crippen MR) is 100 cm³/mol. The maximum Gasteiger partial charge on any atom is 0.283 e. The second-order valence-electron chi connectivity index (χ2n) is 5.26. The molecule has 0 atom stereocenters. The van der Waals surface area contributed by atoms with Gasteiger partial charge in [0.2, 0.25) is 5.91 Å². The Morgan fingerprint density at radius 2 is 1.81 bits per heavy atom. The van der Waals surface area contributed by atoms with Crippen molar-refractivity contribution < 1.29 is 14.5 Å². The van der Waals surface area contributed by atoms with Gasteiger partial charge in [-0.3, -0.25) is 19.7 Å². The molecule has 10 heteroatoms. The average molecular weight is 417 g/mol. The highest BCUT2D eigenvalue weighted by Crippen LogP contribution is 2.26. The molecule has 0 bridgehead atoms. The highest BCUT2D eigenvalue weighted by molar-refractivity contribution is 6.42. The number of nitro groups is 1. The number of nitrogens with one attached hydrogen (secondary N) is 1. The number of hydrogen-bond acceptors (Lipinski definition) is 4. The number of anilines is 1. The molecule has 136 valence electrons. The van der Waals surface area contributed by atoms with Crippen LogP contribution in [0.15, 0.2) is 36.4 Å². The van der Waals surface area contributed by atoms with Gasteiger partial charge in [0.05, 0.1) is 21.5 Å². The van der Waals surface area contributed by atoms with Gasteiger partial charge >= 0.3 is 0 Å². The smallest absolute Gasteiger partial charge is 0.283 e. The van der Waals surface area contributed by atoms with Gasteiger partial charge in [0.1, 0.15) is 5.56 Å². The minimum atomic E-state index is -0.706. The Labute approximate surface area is 163 Å². The summed E-state index contributed by atoms with van der Waals surface area (Å²) >= 11 is 17.4. The van der Waals surface area contributed by atoms with Crippen LogP contribution in [0.1, 0.15) is 10.4 Å². The number of hydrogen-bond donors (Lipinski definition) is 1. The molecule has 2 rings (SSSR count). The standard InChI is InChI=1S/C16H12Cl3N3O4/c1-21(8-15(23)20-10-3-5-12(18)13(19)7-10)16(24)11-4-2-9(17)6-14(11)22(25)26/h2-7H,8H2,1H3,(H,20,23). The van der Waals surface area contributed by atoms with Crippen LogP contribution in [0.25, 0.3) is 0 Å². The van der Waals surface area contributed by atoms with Gasteiger partial charge in [-0.2, -0.15) is 0 Å². The third kappa shape index (κ3) is 4.85. The topological polar surface area (TPSA) is 92.6 Å². The molecule has 1 N–H and O–H groups in total. The number of nitrogens with zero attached hydrogens (tertiary/aromatic N) is 2. The van der Waals surface area contributed by atoms with Crippen LogP contribution in [0, 0.1) is 10.1 Å². The number of amides is 2. The number of carbonyl (C=O) groups excluding carboxylic acids is 2. The Bertz CT molecular complexity index is 889. The van der Waals surface area contributed by atoms with E-state index in [1.165, 1.54) is 31.3 Å². The summed E-state index contributed by atoms with van der Waals surface area (Å²) in [5.74, 6) is -1.19. The molecule has 2 amide bonds. The average Bonchev–Trinajstić information content (AvgIpc) is 2.57. The third-order valence-electron chi connectivity index (χ3n) is 3.32. The molecule has 0 aliphatic carbocycles. The zero-order chi connectivity index (χ0) is 19.4. The minimum Gasteiger partial charge on any atom is -0.332 e. The van der Waals surface area contributed by atoms with E-state index in [1.54, 1.807) is 6.07 Å². The van der Waals surface area contributed by atoms with Crippen molar-refractivity contribution in [1.29, 1.82) is 0 Å². The maximum atomic E-state index is 12.4. The van der Waals surface area contributed by atoms with Gasteiger partial charge in [0.25, 0.3) is 11.6 Å². The molecule has 2 aromatic carbocycles. The van der Waals surface area contributed by atoms with Crippen molar-refractivity contribution in [1.82, 2.24) is 4.90 Å². The van der Waals surface area contributed by atoms with Crippen LogP contribution >= 0.6 is 34.8 Å². The lowest BCUT2D eigenvalue weighted by atomic mass is 10.1. The molecule has 0 saturated heterocycles. The first kappa shape index (κ1) is 20.0. The monoisotopic (exact) mass is 415 g/mol. The first-order valence-electron chi connectivity index (χ1n) is 7.13. The van der Waals surface area contributed by atoms with E-state index in [2.05, 4.69) is 5.32 Å². The molecule has 0 radical (unpaired) electrons. The van der Waals surface area contributed by atoms with Crippen molar-refractivity contribution in [3.63, 3.8) is 0 Å². The van der Waals surface area contributed by atoms with Gasteiger partial charge in [0.15, 0.2) is 0 Å². The molecule has 0 spiro atoms. The second kappa shape index (κ2) is 8.35. The van der Waals surface area contributed by atoms with Crippen LogP contribution in [0.5, 0.6) is 0 Å². The van der Waals surface area contributed by atoms with Crippen LogP contribution in [-0.4, -0.2) is 35.2 Å². The molecule has 0 saturated carbocycles. The lowest BCUT2D eigenvalue weighted by Crippen LogP contribution is -2.35. The number of benzene rings is 2. The van der Waals surface area contributed by atoms with Gasteiger partial charge in [-0.25, -0.2) is 0 Å². The minimum absolute atomic E-state index is 0.133. The van der Waals surface area contributed by atoms with Crippen molar-refractivity contribution in [2.75, 3.05) is 18.9 Å². The van der Waals surface area contributed by atoms with Crippen LogP contribution in [0.3, 0.4) is 0 Å². The molecule has 0 aromatic heterocycles. The number of rotatable bonds is 5. The van der Waals surface area contributed by atoms with E-state index in [0.29, 0.717) is 10.7 Å². The third-order valence-corrected chi connectivity index (χ3v) is 4.29. The molecule has 0 heterocycles. The normalized spacial score (nSPS) is 10.3. The molecule has 2 aromatic rings. The summed E-state index contributed by atoms with van der Waals surface area (Å²) in [5, 5.41) is 14.4. The fourth-order valence-corrected chi connectivity index (χ4v) is 2.57. The molecule has 0 fully saturated rings. The lowest BCUT2D eigenvalue weighted by Gasteiger charge is -2.17. The first-order valence-corrected chi connectivity index (χ1v) is 8.26. The Hall–Kier alpha value is -2.35. The van der Waals surface area contributed by atoms with E-state index in [9.17, 15) is 19.7 Å². The van der Waals surface area contributed by atoms with E-state index >= 15 is 0 Å². The van der Waals surface area contributed by atoms with Crippen molar-refractivity contribution in [3.05, 3.63) is 67.1 Å². The number of nitro benzene ring substituents is 1. The van der Waals surface area contributed by atoms with Gasteiger partial charge in [-0.15, -0.1) is 0 Å². The molecule has 0 unspecified atom stereocenters. The summed E-state index contributed by atoms with van der Waals surface area (Å²) in [6, 6.07) is 8.23. The summed E-state index contributed by atoms with van der Waals surface area (Å²) in [6.45, 7) is -0.321. The summed E-state index contributed by atoms with van der Waals surface area (Å²) in [5.41, 5.74) is -0.189. The fourth-order valence-electron chi connectivity index (χ4n) is 2.10. The molecule has 7 nitrogen and oxygen atoms in total. The van der Waals surface area contributed by atoms with E-state index in [4.69, 9.17) is 34.8 Å². The molecule has 26 heavy (non-hydrogen) atoms. The summed E-state index contributed by atoms with van der Waals surface area (Å²) in [6.07, 6.45) is 0. The van der Waals surface area contributed by atoms with Crippen LogP contribution < -0.4 is 5.32 Å².